The van der Waals surface area contributed by atoms with Crippen LogP contribution >= 0.6 is 11.2 Å². The molecule has 11 heavy (non-hydrogen) atoms. The van der Waals surface area contributed by atoms with Gasteiger partial charge in [-0.1, -0.05) is 25.6 Å². The highest BCUT2D eigenvalue weighted by Gasteiger charge is 2.22. The highest BCUT2D eigenvalue weighted by Crippen LogP contribution is 2.60. The van der Waals surface area contributed by atoms with Crippen LogP contribution in [0.25, 0.3) is 0 Å². The molecule has 0 saturated heterocycles. The van der Waals surface area contributed by atoms with Crippen LogP contribution in [-0.2, 0) is 0 Å². The van der Waals surface area contributed by atoms with E-state index in [0.29, 0.717) is 0 Å². The van der Waals surface area contributed by atoms with Crippen LogP contribution in [0.4, 0.5) is 11.7 Å². The summed E-state index contributed by atoms with van der Waals surface area (Å²) in [6, 6.07) is 6.49. The van der Waals surface area contributed by atoms with Crippen LogP contribution in [0.5, 0.6) is 0 Å². The Labute approximate surface area is 66.2 Å². The second-order valence-electron chi connectivity index (χ2n) is 1.72. The second-order valence-corrected chi connectivity index (χ2v) is 3.00. The number of hydrogen-bond acceptors (Lipinski definition) is 0. The number of hydrogen-bond donors (Lipinski definition) is 0. The maximum absolute atomic E-state index is 11.9. The van der Waals surface area contributed by atoms with Crippen molar-refractivity contribution in [2.75, 3.05) is 0 Å². The van der Waals surface area contributed by atoms with Gasteiger partial charge in [0.05, 0.1) is 4.90 Å². The van der Waals surface area contributed by atoms with Gasteiger partial charge in [0, 0.05) is 0 Å². The summed E-state index contributed by atoms with van der Waals surface area (Å²) in [5.74, 6) is 0. The molecule has 0 amide bonds. The lowest BCUT2D eigenvalue weighted by molar-refractivity contribution is 0.633. The summed E-state index contributed by atoms with van der Waals surface area (Å²) in [6.45, 7) is 0. The predicted octanol–water partition coefficient (Wildman–Crippen LogP) is 4.14. The topological polar surface area (TPSA) is 0 Å². The average Bonchev–Trinajstić information content (AvgIpc) is 1.88. The van der Waals surface area contributed by atoms with E-state index in [0.717, 1.165) is 12.1 Å². The fourth-order valence-electron chi connectivity index (χ4n) is 0.575. The van der Waals surface area contributed by atoms with Crippen molar-refractivity contribution < 1.29 is 11.7 Å². The van der Waals surface area contributed by atoms with Gasteiger partial charge in [0.2, 0.25) is 11.2 Å². The normalized spacial score (nSPS) is 11.9. The summed E-state index contributed by atoms with van der Waals surface area (Å²) in [5, 5.41) is 0. The molecule has 0 nitrogen and oxygen atoms in total. The Bertz CT molecular complexity index is 205. The molecule has 0 saturated carbocycles. The van der Waals surface area contributed by atoms with Crippen LogP contribution in [0.3, 0.4) is 0 Å². The van der Waals surface area contributed by atoms with E-state index in [-0.39, 0.29) is 7.43 Å². The molecule has 1 rings (SSSR count). The van der Waals surface area contributed by atoms with E-state index in [1.807, 2.05) is 0 Å². The van der Waals surface area contributed by atoms with Gasteiger partial charge in [0.15, 0.2) is 0 Å². The van der Waals surface area contributed by atoms with Gasteiger partial charge in [-0.05, 0) is 12.1 Å². The molecule has 1 aromatic rings. The first-order chi connectivity index (χ1) is 4.61. The van der Waals surface area contributed by atoms with Crippen molar-refractivity contribution in [2.45, 2.75) is 12.3 Å². The highest BCUT2D eigenvalue weighted by atomic mass is 32.3. The summed E-state index contributed by atoms with van der Waals surface area (Å²) in [4.78, 5) is -0.519. The Morgan fingerprint density at radius 2 is 1.36 bits per heavy atom. The Balaban J connectivity index is 0.000001000. The van der Waals surface area contributed by atoms with Crippen LogP contribution in [0.15, 0.2) is 35.2 Å². The first kappa shape index (κ1) is 10.4. The van der Waals surface area contributed by atoms with Gasteiger partial charge >= 0.3 is 0 Å². The van der Waals surface area contributed by atoms with Gasteiger partial charge in [-0.2, -0.15) is 0 Å². The third-order valence-electron chi connectivity index (χ3n) is 1.01. The second kappa shape index (κ2) is 3.67. The van der Waals surface area contributed by atoms with Gasteiger partial charge in [-0.15, -0.1) is 11.7 Å². The van der Waals surface area contributed by atoms with E-state index in [4.69, 9.17) is 0 Å². The van der Waals surface area contributed by atoms with Crippen molar-refractivity contribution in [2.24, 2.45) is 0 Å². The van der Waals surface area contributed by atoms with Crippen LogP contribution in [0, 0.1) is 0 Å². The molecule has 64 valence electrons. The zero-order valence-electron chi connectivity index (χ0n) is 4.93. The lowest BCUT2D eigenvalue weighted by atomic mass is 10.4. The molecular weight excluding hydrogens is 173 g/mol. The summed E-state index contributed by atoms with van der Waals surface area (Å²) in [6.07, 6.45) is 0. The van der Waals surface area contributed by atoms with Crippen LogP contribution in [0.2, 0.25) is 0 Å². The van der Waals surface area contributed by atoms with E-state index >= 15 is 0 Å². The third kappa shape index (κ3) is 2.84. The first-order valence-electron chi connectivity index (χ1n) is 2.58. The third-order valence-corrected chi connectivity index (χ3v) is 1.82. The summed E-state index contributed by atoms with van der Waals surface area (Å²) >= 11 is -5.00. The minimum absolute atomic E-state index is 0. The molecule has 0 N–H and O–H groups in total. The monoisotopic (exact) mass is 182 g/mol. The molecule has 0 radical (unpaired) electrons. The molecule has 1 aromatic carbocycles. The van der Waals surface area contributed by atoms with E-state index in [1.54, 1.807) is 6.07 Å². The van der Waals surface area contributed by atoms with Gasteiger partial charge in [0.25, 0.3) is 0 Å². The van der Waals surface area contributed by atoms with Crippen LogP contribution in [0.1, 0.15) is 7.43 Å². The van der Waals surface area contributed by atoms with E-state index in [1.165, 1.54) is 12.1 Å². The summed E-state index contributed by atoms with van der Waals surface area (Å²) in [7, 11) is 0. The molecular formula is C7H9F3S. The quantitative estimate of drug-likeness (QED) is 0.612. The maximum atomic E-state index is 11.9. The smallest absolute Gasteiger partial charge is 0.120 e. The summed E-state index contributed by atoms with van der Waals surface area (Å²) < 4.78 is 35.6. The molecule has 0 spiro atoms. The van der Waals surface area contributed by atoms with E-state index in [2.05, 4.69) is 0 Å². The highest BCUT2D eigenvalue weighted by molar-refractivity contribution is 8.20. The number of benzene rings is 1. The standard InChI is InChI=1S/C6H5F3S.CH4/c7-10(8,9)6-4-2-1-3-5-6;/h1-5H;1H4. The molecule has 0 heterocycles. The van der Waals surface area contributed by atoms with Gasteiger partial charge in [0.1, 0.15) is 0 Å². The van der Waals surface area contributed by atoms with E-state index in [9.17, 15) is 11.7 Å². The van der Waals surface area contributed by atoms with Crippen LogP contribution in [-0.4, -0.2) is 0 Å². The zero-order valence-corrected chi connectivity index (χ0v) is 5.75. The largest absolute Gasteiger partial charge is 0.237 e. The molecule has 0 aromatic heterocycles. The molecule has 0 fully saturated rings. The Hall–Kier alpha value is -0.640. The Morgan fingerprint density at radius 3 is 1.64 bits per heavy atom. The Kier molecular flexibility index (Phi) is 3.45. The maximum Gasteiger partial charge on any atom is 0.237 e. The minimum atomic E-state index is -5.00. The predicted molar refractivity (Wildman–Crippen MR) is 42.4 cm³/mol. The van der Waals surface area contributed by atoms with Crippen molar-refractivity contribution in [1.82, 2.24) is 0 Å². The molecule has 0 aliphatic heterocycles. The molecule has 0 unspecified atom stereocenters. The summed E-state index contributed by atoms with van der Waals surface area (Å²) in [5.41, 5.74) is 0. The lowest BCUT2D eigenvalue weighted by Crippen LogP contribution is -1.76. The Morgan fingerprint density at radius 1 is 0.909 bits per heavy atom. The van der Waals surface area contributed by atoms with Crippen molar-refractivity contribution >= 4 is 11.2 Å². The van der Waals surface area contributed by atoms with Crippen molar-refractivity contribution in [1.29, 1.82) is 0 Å². The van der Waals surface area contributed by atoms with Crippen molar-refractivity contribution in [3.63, 3.8) is 0 Å². The number of rotatable bonds is 1. The van der Waals surface area contributed by atoms with E-state index < -0.39 is 16.1 Å². The average molecular weight is 182 g/mol. The lowest BCUT2D eigenvalue weighted by Gasteiger charge is -2.07. The van der Waals surface area contributed by atoms with Crippen molar-refractivity contribution in [3.05, 3.63) is 30.3 Å². The molecule has 0 atom stereocenters. The molecule has 0 aliphatic carbocycles. The van der Waals surface area contributed by atoms with Gasteiger partial charge in [-0.25, -0.2) is 0 Å². The molecule has 4 heteroatoms. The fourth-order valence-corrected chi connectivity index (χ4v) is 1.04. The van der Waals surface area contributed by atoms with Gasteiger partial charge in [-0.3, -0.25) is 0 Å². The number of halogens is 3. The fraction of sp³-hybridized carbons (Fsp3) is 0.143. The zero-order chi connectivity index (χ0) is 7.61. The first-order valence-corrected chi connectivity index (χ1v) is 3.91. The minimum Gasteiger partial charge on any atom is -0.120 e. The SMILES string of the molecule is C.FS(F)(F)c1ccccc1. The van der Waals surface area contributed by atoms with Gasteiger partial charge < -0.3 is 0 Å². The van der Waals surface area contributed by atoms with Crippen molar-refractivity contribution in [3.8, 4) is 0 Å². The van der Waals surface area contributed by atoms with Crippen LogP contribution < -0.4 is 0 Å². The molecule has 0 aliphatic rings. The molecule has 0 bridgehead atoms.